The molecule has 1 saturated heterocycles. The Morgan fingerprint density at radius 1 is 1.44 bits per heavy atom. The van der Waals surface area contributed by atoms with Crippen LogP contribution >= 0.6 is 0 Å². The predicted molar refractivity (Wildman–Crippen MR) is 66.3 cm³/mol. The highest BCUT2D eigenvalue weighted by molar-refractivity contribution is 5.13. The summed E-state index contributed by atoms with van der Waals surface area (Å²) in [4.78, 5) is 4.04. The molecule has 3 heteroatoms. The number of hydrogen-bond donors (Lipinski definition) is 2. The number of nitrogens with zero attached hydrogens (tertiary/aromatic N) is 1. The lowest BCUT2D eigenvalue weighted by Gasteiger charge is -2.25. The van der Waals surface area contributed by atoms with Gasteiger partial charge in [-0.2, -0.15) is 0 Å². The van der Waals surface area contributed by atoms with E-state index in [0.29, 0.717) is 12.1 Å². The van der Waals surface area contributed by atoms with E-state index in [1.165, 1.54) is 31.4 Å². The molecule has 88 valence electrons. The van der Waals surface area contributed by atoms with Crippen molar-refractivity contribution in [3.8, 4) is 0 Å². The molecule has 1 aromatic heterocycles. The Kier molecular flexibility index (Phi) is 4.31. The summed E-state index contributed by atoms with van der Waals surface area (Å²) in [5.41, 5.74) is 1.31. The highest BCUT2D eigenvalue weighted by Gasteiger charge is 2.13. The van der Waals surface area contributed by atoms with Gasteiger partial charge in [-0.1, -0.05) is 6.42 Å². The Labute approximate surface area is 97.7 Å². The highest BCUT2D eigenvalue weighted by atomic mass is 15.0. The van der Waals surface area contributed by atoms with Gasteiger partial charge in [0.05, 0.1) is 0 Å². The summed E-state index contributed by atoms with van der Waals surface area (Å²) >= 11 is 0. The van der Waals surface area contributed by atoms with Crippen molar-refractivity contribution in [2.75, 3.05) is 13.1 Å². The topological polar surface area (TPSA) is 37.0 Å². The molecule has 0 aliphatic carbocycles. The largest absolute Gasteiger partial charge is 0.313 e. The van der Waals surface area contributed by atoms with Gasteiger partial charge in [-0.05, 0) is 44.0 Å². The summed E-state index contributed by atoms with van der Waals surface area (Å²) < 4.78 is 0. The fourth-order valence-corrected chi connectivity index (χ4v) is 2.19. The van der Waals surface area contributed by atoms with Crippen LogP contribution in [0.4, 0.5) is 0 Å². The number of pyridine rings is 1. The number of aromatic nitrogens is 1. The summed E-state index contributed by atoms with van der Waals surface area (Å²) in [6, 6.07) is 5.21. The zero-order valence-electron chi connectivity index (χ0n) is 9.95. The van der Waals surface area contributed by atoms with E-state index >= 15 is 0 Å². The van der Waals surface area contributed by atoms with E-state index in [1.54, 1.807) is 0 Å². The molecule has 0 bridgehead atoms. The average Bonchev–Trinajstić information content (AvgIpc) is 2.38. The summed E-state index contributed by atoms with van der Waals surface area (Å²) in [5.74, 6) is 0. The van der Waals surface area contributed by atoms with Crippen molar-refractivity contribution in [1.82, 2.24) is 15.6 Å². The van der Waals surface area contributed by atoms with Crippen LogP contribution in [0.3, 0.4) is 0 Å². The first kappa shape index (κ1) is 11.6. The molecule has 1 aliphatic heterocycles. The second-order valence-corrected chi connectivity index (χ2v) is 4.56. The summed E-state index contributed by atoms with van der Waals surface area (Å²) in [6.07, 6.45) is 7.70. The first-order chi connectivity index (χ1) is 7.86. The second kappa shape index (κ2) is 5.97. The van der Waals surface area contributed by atoms with Crippen LogP contribution in [0.2, 0.25) is 0 Å². The minimum Gasteiger partial charge on any atom is -0.313 e. The van der Waals surface area contributed by atoms with E-state index < -0.39 is 0 Å². The fraction of sp³-hybridized carbons (Fsp3) is 0.615. The molecule has 16 heavy (non-hydrogen) atoms. The first-order valence-electron chi connectivity index (χ1n) is 6.23. The zero-order valence-corrected chi connectivity index (χ0v) is 9.95. The van der Waals surface area contributed by atoms with Gasteiger partial charge in [0.2, 0.25) is 0 Å². The lowest BCUT2D eigenvalue weighted by Crippen LogP contribution is -2.42. The normalized spacial score (nSPS) is 22.9. The smallest absolute Gasteiger partial charge is 0.0293 e. The third kappa shape index (κ3) is 3.29. The maximum absolute atomic E-state index is 4.04. The molecule has 1 aliphatic rings. The van der Waals surface area contributed by atoms with Crippen molar-refractivity contribution < 1.29 is 0 Å². The van der Waals surface area contributed by atoms with Crippen molar-refractivity contribution in [2.24, 2.45) is 0 Å². The van der Waals surface area contributed by atoms with Crippen molar-refractivity contribution in [3.63, 3.8) is 0 Å². The van der Waals surface area contributed by atoms with Crippen LogP contribution in [-0.2, 0) is 0 Å². The standard InChI is InChI=1S/C13H21N3/c1-11(12-5-8-14-9-6-12)16-10-13-4-2-3-7-15-13/h5-6,8-9,11,13,15-16H,2-4,7,10H2,1H3/t11-,13?/m1/s1. The Balaban J connectivity index is 1.77. The molecule has 2 rings (SSSR count). The Morgan fingerprint density at radius 2 is 2.25 bits per heavy atom. The van der Waals surface area contributed by atoms with Crippen LogP contribution in [0.1, 0.15) is 37.8 Å². The number of nitrogens with one attached hydrogen (secondary N) is 2. The van der Waals surface area contributed by atoms with Gasteiger partial charge in [0.25, 0.3) is 0 Å². The highest BCUT2D eigenvalue weighted by Crippen LogP contribution is 2.11. The Hall–Kier alpha value is -0.930. The van der Waals surface area contributed by atoms with Gasteiger partial charge in [-0.15, -0.1) is 0 Å². The van der Waals surface area contributed by atoms with Gasteiger partial charge in [-0.3, -0.25) is 4.98 Å². The summed E-state index contributed by atoms with van der Waals surface area (Å²) in [6.45, 7) is 4.44. The van der Waals surface area contributed by atoms with Gasteiger partial charge in [0, 0.05) is 31.0 Å². The van der Waals surface area contributed by atoms with Crippen molar-refractivity contribution in [2.45, 2.75) is 38.3 Å². The van der Waals surface area contributed by atoms with E-state index in [0.717, 1.165) is 6.54 Å². The van der Waals surface area contributed by atoms with Crippen LogP contribution < -0.4 is 10.6 Å². The zero-order chi connectivity index (χ0) is 11.2. The first-order valence-corrected chi connectivity index (χ1v) is 6.23. The molecule has 1 aromatic rings. The molecule has 3 nitrogen and oxygen atoms in total. The molecule has 0 saturated carbocycles. The number of piperidine rings is 1. The second-order valence-electron chi connectivity index (χ2n) is 4.56. The van der Waals surface area contributed by atoms with E-state index in [9.17, 15) is 0 Å². The van der Waals surface area contributed by atoms with Gasteiger partial charge in [0.15, 0.2) is 0 Å². The fourth-order valence-electron chi connectivity index (χ4n) is 2.19. The third-order valence-corrected chi connectivity index (χ3v) is 3.29. The quantitative estimate of drug-likeness (QED) is 0.812. The maximum Gasteiger partial charge on any atom is 0.0293 e. The lowest BCUT2D eigenvalue weighted by molar-refractivity contribution is 0.371. The Bertz CT molecular complexity index is 293. The molecule has 2 atom stereocenters. The van der Waals surface area contributed by atoms with E-state index in [-0.39, 0.29) is 0 Å². The molecule has 2 heterocycles. The van der Waals surface area contributed by atoms with Crippen LogP contribution in [-0.4, -0.2) is 24.1 Å². The van der Waals surface area contributed by atoms with Crippen LogP contribution in [0.25, 0.3) is 0 Å². The van der Waals surface area contributed by atoms with Crippen LogP contribution in [0.15, 0.2) is 24.5 Å². The Morgan fingerprint density at radius 3 is 2.94 bits per heavy atom. The summed E-state index contributed by atoms with van der Waals surface area (Å²) in [5, 5.41) is 7.13. The molecule has 0 spiro atoms. The molecule has 1 unspecified atom stereocenters. The van der Waals surface area contributed by atoms with Gasteiger partial charge in [-0.25, -0.2) is 0 Å². The van der Waals surface area contributed by atoms with Crippen LogP contribution in [0, 0.1) is 0 Å². The van der Waals surface area contributed by atoms with E-state index in [1.807, 2.05) is 12.4 Å². The predicted octanol–water partition coefficient (Wildman–Crippen LogP) is 1.87. The average molecular weight is 219 g/mol. The third-order valence-electron chi connectivity index (χ3n) is 3.29. The molecular formula is C13H21N3. The van der Waals surface area contributed by atoms with Gasteiger partial charge < -0.3 is 10.6 Å². The molecule has 0 amide bonds. The van der Waals surface area contributed by atoms with Crippen molar-refractivity contribution >= 4 is 0 Å². The molecule has 0 aromatic carbocycles. The molecular weight excluding hydrogens is 198 g/mol. The summed E-state index contributed by atoms with van der Waals surface area (Å²) in [7, 11) is 0. The maximum atomic E-state index is 4.04. The SMILES string of the molecule is C[C@@H](NCC1CCCCN1)c1ccncc1. The van der Waals surface area contributed by atoms with Gasteiger partial charge in [0.1, 0.15) is 0 Å². The molecule has 1 fully saturated rings. The monoisotopic (exact) mass is 219 g/mol. The van der Waals surface area contributed by atoms with E-state index in [4.69, 9.17) is 0 Å². The lowest BCUT2D eigenvalue weighted by atomic mass is 10.0. The van der Waals surface area contributed by atoms with Crippen molar-refractivity contribution in [1.29, 1.82) is 0 Å². The minimum absolute atomic E-state index is 0.409. The van der Waals surface area contributed by atoms with E-state index in [2.05, 4.69) is 34.7 Å². The van der Waals surface area contributed by atoms with Crippen molar-refractivity contribution in [3.05, 3.63) is 30.1 Å². The molecule has 2 N–H and O–H groups in total. The number of rotatable bonds is 4. The van der Waals surface area contributed by atoms with Gasteiger partial charge >= 0.3 is 0 Å². The number of hydrogen-bond acceptors (Lipinski definition) is 3. The minimum atomic E-state index is 0.409. The molecule has 0 radical (unpaired) electrons. The van der Waals surface area contributed by atoms with Crippen LogP contribution in [0.5, 0.6) is 0 Å².